The molecule has 0 N–H and O–H groups in total. The summed E-state index contributed by atoms with van der Waals surface area (Å²) in [5.74, 6) is 0.461. The molecule has 3 heteroatoms. The van der Waals surface area contributed by atoms with Gasteiger partial charge in [-0.1, -0.05) is 0 Å². The summed E-state index contributed by atoms with van der Waals surface area (Å²) in [4.78, 5) is 13.9. The van der Waals surface area contributed by atoms with E-state index in [-0.39, 0.29) is 5.54 Å². The van der Waals surface area contributed by atoms with Gasteiger partial charge < -0.3 is 0 Å². The Bertz CT molecular complexity index is 243. The minimum absolute atomic E-state index is 0.356. The monoisotopic (exact) mass is 169 g/mol. The van der Waals surface area contributed by atoms with Gasteiger partial charge in [0.15, 0.2) is 0 Å². The van der Waals surface area contributed by atoms with Crippen LogP contribution in [0, 0.1) is 5.92 Å². The van der Waals surface area contributed by atoms with Crippen molar-refractivity contribution < 1.29 is 9.18 Å². The van der Waals surface area contributed by atoms with Crippen LogP contribution in [0.2, 0.25) is 0 Å². The largest absolute Gasteiger partial charge is 0.244 e. The van der Waals surface area contributed by atoms with Crippen molar-refractivity contribution in [1.82, 2.24) is 0 Å². The zero-order valence-electron chi connectivity index (χ0n) is 7.14. The molecule has 2 rings (SSSR count). The van der Waals surface area contributed by atoms with Crippen molar-refractivity contribution in [2.24, 2.45) is 10.9 Å². The third-order valence-corrected chi connectivity index (χ3v) is 2.96. The fourth-order valence-electron chi connectivity index (χ4n) is 2.40. The number of alkyl halides is 1. The first kappa shape index (κ1) is 7.93. The van der Waals surface area contributed by atoms with Gasteiger partial charge in [0, 0.05) is 12.8 Å². The maximum atomic E-state index is 13.2. The topological polar surface area (TPSA) is 29.4 Å². The number of isocyanates is 1. The molecule has 66 valence electrons. The molecule has 2 fully saturated rings. The molecule has 0 atom stereocenters. The number of hydrogen-bond acceptors (Lipinski definition) is 2. The number of halogens is 1. The SMILES string of the molecule is CC1(F)CC(N=C=O)(C2CC2)C1. The second-order valence-corrected chi connectivity index (χ2v) is 4.35. The highest BCUT2D eigenvalue weighted by molar-refractivity contribution is 5.37. The van der Waals surface area contributed by atoms with E-state index in [9.17, 15) is 9.18 Å². The van der Waals surface area contributed by atoms with Crippen molar-refractivity contribution in [1.29, 1.82) is 0 Å². The third kappa shape index (κ3) is 1.09. The molecule has 2 aliphatic rings. The molecule has 0 aromatic carbocycles. The average molecular weight is 169 g/mol. The van der Waals surface area contributed by atoms with Crippen LogP contribution in [0.3, 0.4) is 0 Å². The maximum Gasteiger partial charge on any atom is 0.235 e. The van der Waals surface area contributed by atoms with Crippen LogP contribution >= 0.6 is 0 Å². The van der Waals surface area contributed by atoms with Gasteiger partial charge in [-0.15, -0.1) is 0 Å². The van der Waals surface area contributed by atoms with Crippen molar-refractivity contribution in [3.63, 3.8) is 0 Å². The molecule has 0 heterocycles. The second-order valence-electron chi connectivity index (χ2n) is 4.35. The van der Waals surface area contributed by atoms with E-state index in [2.05, 4.69) is 4.99 Å². The van der Waals surface area contributed by atoms with Crippen LogP contribution in [-0.4, -0.2) is 17.3 Å². The highest BCUT2D eigenvalue weighted by Gasteiger charge is 2.60. The Hall–Kier alpha value is -0.690. The number of rotatable bonds is 2. The van der Waals surface area contributed by atoms with Crippen LogP contribution in [-0.2, 0) is 4.79 Å². The molecular formula is C9H12FNO. The van der Waals surface area contributed by atoms with Gasteiger partial charge in [0.2, 0.25) is 6.08 Å². The molecule has 0 bridgehead atoms. The Morgan fingerprint density at radius 3 is 2.42 bits per heavy atom. The standard InChI is InChI=1S/C9H12FNO/c1-8(10)4-9(5-8,11-6-12)7-2-3-7/h7H,2-5H2,1H3. The summed E-state index contributed by atoms with van der Waals surface area (Å²) in [7, 11) is 0. The van der Waals surface area contributed by atoms with E-state index in [0.717, 1.165) is 12.8 Å². The molecule has 2 nitrogen and oxygen atoms in total. The van der Waals surface area contributed by atoms with Crippen LogP contribution in [0.1, 0.15) is 32.6 Å². The molecule has 0 radical (unpaired) electrons. The Labute approximate surface area is 70.9 Å². The zero-order valence-corrected chi connectivity index (χ0v) is 7.14. The summed E-state index contributed by atoms with van der Waals surface area (Å²) in [5.41, 5.74) is -1.45. The Morgan fingerprint density at radius 1 is 1.50 bits per heavy atom. The Balaban J connectivity index is 2.12. The quantitative estimate of drug-likeness (QED) is 0.459. The van der Waals surface area contributed by atoms with Gasteiger partial charge in [-0.2, -0.15) is 4.99 Å². The van der Waals surface area contributed by atoms with Crippen LogP contribution in [0.5, 0.6) is 0 Å². The van der Waals surface area contributed by atoms with E-state index < -0.39 is 5.67 Å². The van der Waals surface area contributed by atoms with Crippen molar-refractivity contribution in [3.8, 4) is 0 Å². The van der Waals surface area contributed by atoms with Crippen LogP contribution in [0.15, 0.2) is 4.99 Å². The molecule has 0 amide bonds. The summed E-state index contributed by atoms with van der Waals surface area (Å²) in [6.07, 6.45) is 4.61. The number of nitrogens with zero attached hydrogens (tertiary/aromatic N) is 1. The fraction of sp³-hybridized carbons (Fsp3) is 0.889. The zero-order chi connectivity index (χ0) is 8.82. The predicted molar refractivity (Wildman–Crippen MR) is 42.3 cm³/mol. The van der Waals surface area contributed by atoms with Crippen molar-refractivity contribution >= 4 is 6.08 Å². The van der Waals surface area contributed by atoms with Gasteiger partial charge >= 0.3 is 0 Å². The predicted octanol–water partition coefficient (Wildman–Crippen LogP) is 1.99. The molecule has 0 aromatic rings. The molecule has 0 unspecified atom stereocenters. The summed E-state index contributed by atoms with van der Waals surface area (Å²) < 4.78 is 13.2. The molecule has 0 aliphatic heterocycles. The molecule has 0 spiro atoms. The van der Waals surface area contributed by atoms with E-state index in [1.807, 2.05) is 0 Å². The molecule has 0 aromatic heterocycles. The molecule has 2 aliphatic carbocycles. The Morgan fingerprint density at radius 2 is 2.08 bits per heavy atom. The lowest BCUT2D eigenvalue weighted by Gasteiger charge is -2.46. The van der Waals surface area contributed by atoms with Gasteiger partial charge in [-0.05, 0) is 25.7 Å². The summed E-state index contributed by atoms with van der Waals surface area (Å²) in [6.45, 7) is 1.58. The lowest BCUT2D eigenvalue weighted by molar-refractivity contribution is -0.00642. The summed E-state index contributed by atoms with van der Waals surface area (Å²) in [5, 5.41) is 0. The first-order valence-electron chi connectivity index (χ1n) is 4.36. The number of carbonyl (C=O) groups excluding carboxylic acids is 1. The fourth-order valence-corrected chi connectivity index (χ4v) is 2.40. The molecule has 2 saturated carbocycles. The van der Waals surface area contributed by atoms with Crippen molar-refractivity contribution in [2.75, 3.05) is 0 Å². The average Bonchev–Trinajstić information content (AvgIpc) is 2.63. The van der Waals surface area contributed by atoms with E-state index in [4.69, 9.17) is 0 Å². The van der Waals surface area contributed by atoms with Gasteiger partial charge in [0.05, 0.1) is 5.54 Å². The minimum atomic E-state index is -1.09. The second kappa shape index (κ2) is 2.17. The van der Waals surface area contributed by atoms with Gasteiger partial charge in [-0.25, -0.2) is 9.18 Å². The van der Waals surface area contributed by atoms with Crippen molar-refractivity contribution in [2.45, 2.75) is 43.8 Å². The summed E-state index contributed by atoms with van der Waals surface area (Å²) in [6, 6.07) is 0. The van der Waals surface area contributed by atoms with Crippen LogP contribution in [0.4, 0.5) is 4.39 Å². The highest BCUT2D eigenvalue weighted by atomic mass is 19.1. The first-order valence-corrected chi connectivity index (χ1v) is 4.36. The summed E-state index contributed by atoms with van der Waals surface area (Å²) >= 11 is 0. The Kier molecular flexibility index (Phi) is 1.43. The lowest BCUT2D eigenvalue weighted by Crippen LogP contribution is -2.52. The van der Waals surface area contributed by atoms with Gasteiger partial charge in [-0.3, -0.25) is 0 Å². The van der Waals surface area contributed by atoms with Crippen LogP contribution < -0.4 is 0 Å². The van der Waals surface area contributed by atoms with E-state index >= 15 is 0 Å². The van der Waals surface area contributed by atoms with E-state index in [0.29, 0.717) is 18.8 Å². The molecular weight excluding hydrogens is 157 g/mol. The maximum absolute atomic E-state index is 13.2. The highest BCUT2D eigenvalue weighted by Crippen LogP contribution is 2.57. The molecule has 12 heavy (non-hydrogen) atoms. The van der Waals surface area contributed by atoms with E-state index in [1.54, 1.807) is 13.0 Å². The minimum Gasteiger partial charge on any atom is -0.244 e. The molecule has 0 saturated heterocycles. The smallest absolute Gasteiger partial charge is 0.235 e. The number of aliphatic imine (C=N–C) groups is 1. The lowest BCUT2D eigenvalue weighted by atomic mass is 9.64. The van der Waals surface area contributed by atoms with E-state index in [1.165, 1.54) is 0 Å². The van der Waals surface area contributed by atoms with Gasteiger partial charge in [0.1, 0.15) is 5.67 Å². The van der Waals surface area contributed by atoms with Crippen molar-refractivity contribution in [3.05, 3.63) is 0 Å². The normalized spacial score (nSPS) is 46.2. The number of hydrogen-bond donors (Lipinski definition) is 0. The third-order valence-electron chi connectivity index (χ3n) is 2.96. The van der Waals surface area contributed by atoms with Gasteiger partial charge in [0.25, 0.3) is 0 Å². The van der Waals surface area contributed by atoms with Crippen LogP contribution in [0.25, 0.3) is 0 Å². The first-order chi connectivity index (χ1) is 5.58.